The van der Waals surface area contributed by atoms with E-state index in [1.165, 1.54) is 64.3 Å². The quantitative estimate of drug-likeness (QED) is 0.746. The Morgan fingerprint density at radius 3 is 2.12 bits per heavy atom. The highest BCUT2D eigenvalue weighted by Gasteiger charge is 2.27. The highest BCUT2D eigenvalue weighted by atomic mass is 15.1. The Balaban J connectivity index is 1.83. The summed E-state index contributed by atoms with van der Waals surface area (Å²) in [5.41, 5.74) is 6.05. The fraction of sp³-hybridized carbons (Fsp3) is 1.00. The number of hydrogen-bond donors (Lipinski definition) is 1. The van der Waals surface area contributed by atoms with Gasteiger partial charge in [-0.3, -0.25) is 0 Å². The van der Waals surface area contributed by atoms with Crippen molar-refractivity contribution in [1.29, 1.82) is 0 Å². The molecule has 0 aromatic rings. The number of nitrogens with zero attached hydrogens (tertiary/aromatic N) is 1. The van der Waals surface area contributed by atoms with E-state index in [2.05, 4.69) is 11.9 Å². The van der Waals surface area contributed by atoms with Crippen LogP contribution < -0.4 is 5.73 Å². The van der Waals surface area contributed by atoms with Crippen molar-refractivity contribution in [2.75, 3.05) is 20.1 Å². The Morgan fingerprint density at radius 2 is 1.65 bits per heavy atom. The summed E-state index contributed by atoms with van der Waals surface area (Å²) in [6, 6.07) is 0.647. The molecule has 2 rings (SSSR count). The SMILES string of the molecule is CN(CC1CCC1)C(CN)C1CCCCCC1. The molecule has 0 aromatic heterocycles. The molecule has 2 saturated carbocycles. The molecule has 1 unspecified atom stereocenters. The van der Waals surface area contributed by atoms with Crippen molar-refractivity contribution in [1.82, 2.24) is 4.90 Å². The molecule has 0 saturated heterocycles. The Hall–Kier alpha value is -0.0800. The Bertz CT molecular complexity index is 205. The molecule has 0 bridgehead atoms. The smallest absolute Gasteiger partial charge is 0.0243 e. The molecule has 0 aromatic carbocycles. The average Bonchev–Trinajstić information content (AvgIpc) is 2.53. The van der Waals surface area contributed by atoms with Crippen molar-refractivity contribution in [3.63, 3.8) is 0 Å². The first-order valence-electron chi connectivity index (χ1n) is 7.71. The molecule has 2 fully saturated rings. The lowest BCUT2D eigenvalue weighted by Crippen LogP contribution is -2.46. The average molecular weight is 238 g/mol. The Labute approximate surface area is 107 Å². The van der Waals surface area contributed by atoms with Crippen LogP contribution in [0.5, 0.6) is 0 Å². The van der Waals surface area contributed by atoms with Crippen LogP contribution in [0, 0.1) is 11.8 Å². The first kappa shape index (κ1) is 13.4. The number of nitrogens with two attached hydrogens (primary N) is 1. The number of rotatable bonds is 5. The second-order valence-corrected chi connectivity index (χ2v) is 6.29. The molecule has 2 nitrogen and oxygen atoms in total. The van der Waals surface area contributed by atoms with Gasteiger partial charge in [0, 0.05) is 19.1 Å². The third-order valence-electron chi connectivity index (χ3n) is 5.02. The van der Waals surface area contributed by atoms with E-state index in [4.69, 9.17) is 5.73 Å². The van der Waals surface area contributed by atoms with Gasteiger partial charge in [0.05, 0.1) is 0 Å². The summed E-state index contributed by atoms with van der Waals surface area (Å²) in [6.07, 6.45) is 12.9. The largest absolute Gasteiger partial charge is 0.329 e. The van der Waals surface area contributed by atoms with Crippen LogP contribution in [0.15, 0.2) is 0 Å². The van der Waals surface area contributed by atoms with Gasteiger partial charge < -0.3 is 10.6 Å². The molecule has 2 aliphatic carbocycles. The molecule has 17 heavy (non-hydrogen) atoms. The van der Waals surface area contributed by atoms with Gasteiger partial charge in [-0.1, -0.05) is 32.1 Å². The summed E-state index contributed by atoms with van der Waals surface area (Å²) < 4.78 is 0. The summed E-state index contributed by atoms with van der Waals surface area (Å²) in [5, 5.41) is 0. The van der Waals surface area contributed by atoms with E-state index < -0.39 is 0 Å². The van der Waals surface area contributed by atoms with Gasteiger partial charge in [0.25, 0.3) is 0 Å². The summed E-state index contributed by atoms with van der Waals surface area (Å²) in [4.78, 5) is 2.58. The highest BCUT2D eigenvalue weighted by Crippen LogP contribution is 2.31. The standard InChI is InChI=1S/C15H30N2/c1-17(12-13-7-6-8-13)15(11-16)14-9-4-2-3-5-10-14/h13-15H,2-12,16H2,1H3. The minimum absolute atomic E-state index is 0.647. The maximum Gasteiger partial charge on any atom is 0.0243 e. The van der Waals surface area contributed by atoms with E-state index in [-0.39, 0.29) is 0 Å². The summed E-state index contributed by atoms with van der Waals surface area (Å²) in [5.74, 6) is 1.84. The molecule has 2 aliphatic rings. The maximum absolute atomic E-state index is 6.05. The maximum atomic E-state index is 6.05. The lowest BCUT2D eigenvalue weighted by atomic mass is 9.84. The summed E-state index contributed by atoms with van der Waals surface area (Å²) in [7, 11) is 2.31. The number of hydrogen-bond acceptors (Lipinski definition) is 2. The fourth-order valence-corrected chi connectivity index (χ4v) is 3.65. The third kappa shape index (κ3) is 3.69. The zero-order valence-corrected chi connectivity index (χ0v) is 11.5. The first-order chi connectivity index (χ1) is 8.31. The molecule has 0 amide bonds. The minimum atomic E-state index is 0.647. The molecule has 2 heteroatoms. The zero-order valence-electron chi connectivity index (χ0n) is 11.5. The van der Waals surface area contributed by atoms with Crippen LogP contribution in [0.2, 0.25) is 0 Å². The second-order valence-electron chi connectivity index (χ2n) is 6.29. The first-order valence-corrected chi connectivity index (χ1v) is 7.71. The van der Waals surface area contributed by atoms with Gasteiger partial charge in [0.15, 0.2) is 0 Å². The van der Waals surface area contributed by atoms with Crippen LogP contribution in [-0.2, 0) is 0 Å². The molecule has 0 aliphatic heterocycles. The summed E-state index contributed by atoms with van der Waals surface area (Å²) >= 11 is 0. The van der Waals surface area contributed by atoms with Crippen molar-refractivity contribution < 1.29 is 0 Å². The predicted molar refractivity (Wildman–Crippen MR) is 74.0 cm³/mol. The minimum Gasteiger partial charge on any atom is -0.329 e. The van der Waals surface area contributed by atoms with Crippen molar-refractivity contribution in [3.8, 4) is 0 Å². The molecule has 100 valence electrons. The lowest BCUT2D eigenvalue weighted by molar-refractivity contribution is 0.120. The molecular weight excluding hydrogens is 208 g/mol. The molecule has 0 heterocycles. The van der Waals surface area contributed by atoms with Crippen LogP contribution in [0.1, 0.15) is 57.8 Å². The van der Waals surface area contributed by atoms with Crippen LogP contribution in [-0.4, -0.2) is 31.1 Å². The zero-order chi connectivity index (χ0) is 12.1. The van der Waals surface area contributed by atoms with Crippen molar-refractivity contribution in [2.24, 2.45) is 17.6 Å². The normalized spacial score (nSPS) is 25.6. The monoisotopic (exact) mass is 238 g/mol. The predicted octanol–water partition coefficient (Wildman–Crippen LogP) is 3.02. The molecule has 1 atom stereocenters. The van der Waals surface area contributed by atoms with Crippen molar-refractivity contribution >= 4 is 0 Å². The van der Waals surface area contributed by atoms with Crippen LogP contribution >= 0.6 is 0 Å². The Kier molecular flexibility index (Phi) is 5.30. The lowest BCUT2D eigenvalue weighted by Gasteiger charge is -2.38. The van der Waals surface area contributed by atoms with Crippen LogP contribution in [0.25, 0.3) is 0 Å². The fourth-order valence-electron chi connectivity index (χ4n) is 3.65. The molecular formula is C15H30N2. The van der Waals surface area contributed by atoms with E-state index in [0.29, 0.717) is 6.04 Å². The molecule has 0 radical (unpaired) electrons. The van der Waals surface area contributed by atoms with Crippen molar-refractivity contribution in [3.05, 3.63) is 0 Å². The van der Waals surface area contributed by atoms with Gasteiger partial charge in [0.1, 0.15) is 0 Å². The van der Waals surface area contributed by atoms with Gasteiger partial charge >= 0.3 is 0 Å². The topological polar surface area (TPSA) is 29.3 Å². The van der Waals surface area contributed by atoms with Crippen LogP contribution in [0.3, 0.4) is 0 Å². The van der Waals surface area contributed by atoms with E-state index in [9.17, 15) is 0 Å². The highest BCUT2D eigenvalue weighted by molar-refractivity contribution is 4.83. The van der Waals surface area contributed by atoms with E-state index in [0.717, 1.165) is 18.4 Å². The van der Waals surface area contributed by atoms with E-state index >= 15 is 0 Å². The van der Waals surface area contributed by atoms with E-state index in [1.54, 1.807) is 0 Å². The van der Waals surface area contributed by atoms with Gasteiger partial charge in [0.2, 0.25) is 0 Å². The van der Waals surface area contributed by atoms with Gasteiger partial charge in [-0.25, -0.2) is 0 Å². The van der Waals surface area contributed by atoms with Gasteiger partial charge in [-0.15, -0.1) is 0 Å². The van der Waals surface area contributed by atoms with Gasteiger partial charge in [-0.2, -0.15) is 0 Å². The second kappa shape index (κ2) is 6.75. The van der Waals surface area contributed by atoms with Crippen LogP contribution in [0.4, 0.5) is 0 Å². The van der Waals surface area contributed by atoms with Gasteiger partial charge in [-0.05, 0) is 44.6 Å². The van der Waals surface area contributed by atoms with Crippen molar-refractivity contribution in [2.45, 2.75) is 63.8 Å². The van der Waals surface area contributed by atoms with E-state index in [1.807, 2.05) is 0 Å². The third-order valence-corrected chi connectivity index (χ3v) is 5.02. The number of likely N-dealkylation sites (N-methyl/N-ethyl adjacent to an activating group) is 1. The molecule has 0 spiro atoms. The molecule has 2 N–H and O–H groups in total. The Morgan fingerprint density at radius 1 is 1.00 bits per heavy atom. The summed E-state index contributed by atoms with van der Waals surface area (Å²) in [6.45, 7) is 2.15.